The van der Waals surface area contributed by atoms with Crippen LogP contribution in [0.5, 0.6) is 0 Å². The Labute approximate surface area is 102 Å². The van der Waals surface area contributed by atoms with Gasteiger partial charge in [0.05, 0.1) is 12.2 Å². The summed E-state index contributed by atoms with van der Waals surface area (Å²) < 4.78 is 53.6. The third-order valence-corrected chi connectivity index (χ3v) is 8.41. The van der Waals surface area contributed by atoms with Crippen molar-refractivity contribution in [1.82, 2.24) is 0 Å². The van der Waals surface area contributed by atoms with E-state index in [1.807, 2.05) is 0 Å². The summed E-state index contributed by atoms with van der Waals surface area (Å²) in [6.45, 7) is 3.11. The molecule has 5 nitrogen and oxygen atoms in total. The summed E-state index contributed by atoms with van der Waals surface area (Å²) >= 11 is 0. The van der Waals surface area contributed by atoms with Gasteiger partial charge in [-0.2, -0.15) is 0 Å². The van der Waals surface area contributed by atoms with E-state index in [0.29, 0.717) is 12.8 Å². The van der Waals surface area contributed by atoms with Crippen LogP contribution in [0.25, 0.3) is 0 Å². The van der Waals surface area contributed by atoms with Crippen LogP contribution < -0.4 is 0 Å². The van der Waals surface area contributed by atoms with Crippen molar-refractivity contribution in [3.63, 3.8) is 0 Å². The molecule has 0 amide bonds. The fraction of sp³-hybridized carbons (Fsp3) is 1.00. The predicted octanol–water partition coefficient (Wildman–Crippen LogP) is 0.154. The van der Waals surface area contributed by atoms with Crippen molar-refractivity contribution in [1.29, 1.82) is 0 Å². The molecule has 2 saturated heterocycles. The summed E-state index contributed by atoms with van der Waals surface area (Å²) in [6.07, 6.45) is 0.474. The quantitative estimate of drug-likeness (QED) is 0.733. The van der Waals surface area contributed by atoms with E-state index in [0.717, 1.165) is 0 Å². The highest BCUT2D eigenvalue weighted by molar-refractivity contribution is 7.96. The third-order valence-electron chi connectivity index (χ3n) is 3.78. The van der Waals surface area contributed by atoms with Gasteiger partial charge in [0.15, 0.2) is 19.7 Å². The first-order valence-electron chi connectivity index (χ1n) is 5.92. The van der Waals surface area contributed by atoms with Gasteiger partial charge in [0.2, 0.25) is 0 Å². The van der Waals surface area contributed by atoms with Crippen LogP contribution in [0.1, 0.15) is 26.7 Å². The van der Waals surface area contributed by atoms with Crippen molar-refractivity contribution in [3.05, 3.63) is 0 Å². The predicted molar refractivity (Wildman–Crippen MR) is 64.4 cm³/mol. The molecule has 100 valence electrons. The zero-order valence-corrected chi connectivity index (χ0v) is 11.6. The molecule has 2 fully saturated rings. The second kappa shape index (κ2) is 4.20. The lowest BCUT2D eigenvalue weighted by Gasteiger charge is -2.26. The maximum atomic E-state index is 12.0. The molecule has 0 radical (unpaired) electrons. The van der Waals surface area contributed by atoms with Crippen LogP contribution in [-0.2, 0) is 24.4 Å². The van der Waals surface area contributed by atoms with Crippen LogP contribution in [0.3, 0.4) is 0 Å². The van der Waals surface area contributed by atoms with E-state index >= 15 is 0 Å². The van der Waals surface area contributed by atoms with Crippen LogP contribution in [-0.4, -0.2) is 51.0 Å². The average Bonchev–Trinajstić information content (AvgIpc) is 2.88. The lowest BCUT2D eigenvalue weighted by Crippen LogP contribution is -2.48. The molecule has 0 aliphatic carbocycles. The van der Waals surface area contributed by atoms with E-state index in [4.69, 9.17) is 4.74 Å². The summed E-state index contributed by atoms with van der Waals surface area (Å²) in [6, 6.07) is 0. The van der Waals surface area contributed by atoms with Crippen molar-refractivity contribution in [3.8, 4) is 0 Å². The van der Waals surface area contributed by atoms with Gasteiger partial charge in [-0.05, 0) is 12.8 Å². The smallest absolute Gasteiger partial charge is 0.156 e. The van der Waals surface area contributed by atoms with Crippen LogP contribution in [0.4, 0.5) is 0 Å². The Morgan fingerprint density at radius 3 is 1.53 bits per heavy atom. The Morgan fingerprint density at radius 2 is 1.24 bits per heavy atom. The highest BCUT2D eigenvalue weighted by Crippen LogP contribution is 2.42. The van der Waals surface area contributed by atoms with Crippen molar-refractivity contribution >= 4 is 19.7 Å². The Hall–Kier alpha value is -0.140. The summed E-state index contributed by atoms with van der Waals surface area (Å²) in [5.41, 5.74) is 0. The summed E-state index contributed by atoms with van der Waals surface area (Å²) in [7, 11) is -6.75. The molecule has 0 unspecified atom stereocenters. The number of sulfone groups is 2. The second-order valence-electron chi connectivity index (χ2n) is 4.62. The van der Waals surface area contributed by atoms with Crippen molar-refractivity contribution < 1.29 is 21.6 Å². The molecule has 0 saturated carbocycles. The van der Waals surface area contributed by atoms with E-state index in [2.05, 4.69) is 0 Å². The molecule has 0 aromatic carbocycles. The zero-order chi connectivity index (χ0) is 12.8. The molecule has 2 aliphatic rings. The van der Waals surface area contributed by atoms with E-state index in [-0.39, 0.29) is 11.5 Å². The van der Waals surface area contributed by atoms with Gasteiger partial charge >= 0.3 is 0 Å². The van der Waals surface area contributed by atoms with Crippen LogP contribution in [0, 0.1) is 0 Å². The van der Waals surface area contributed by atoms with E-state index in [9.17, 15) is 16.8 Å². The van der Waals surface area contributed by atoms with Crippen LogP contribution >= 0.6 is 0 Å². The molecule has 4 atom stereocenters. The molecule has 2 aliphatic heterocycles. The standard InChI is InChI=1S/C10H18O5S2/c1-3-16(11,12)9-7-5-6-8(15-7)10(9)17(13,14)4-2/h7-10H,3-6H2,1-2H3/t7-,8+,9-,10+. The van der Waals surface area contributed by atoms with Gasteiger partial charge in [0, 0.05) is 11.5 Å². The van der Waals surface area contributed by atoms with Gasteiger partial charge in [-0.3, -0.25) is 0 Å². The largest absolute Gasteiger partial charge is 0.372 e. The van der Waals surface area contributed by atoms with Crippen molar-refractivity contribution in [2.24, 2.45) is 0 Å². The normalized spacial score (nSPS) is 37.5. The lowest BCUT2D eigenvalue weighted by atomic mass is 10.00. The molecular weight excluding hydrogens is 264 g/mol. The molecule has 2 rings (SSSR count). The molecule has 7 heteroatoms. The van der Waals surface area contributed by atoms with Gasteiger partial charge in [0.1, 0.15) is 10.5 Å². The Morgan fingerprint density at radius 1 is 0.882 bits per heavy atom. The number of ether oxygens (including phenoxy) is 1. The minimum absolute atomic E-state index is 0.0278. The van der Waals surface area contributed by atoms with Gasteiger partial charge in [0.25, 0.3) is 0 Å². The highest BCUT2D eigenvalue weighted by Gasteiger charge is 2.58. The Balaban J connectivity index is 2.44. The van der Waals surface area contributed by atoms with Crippen LogP contribution in [0.15, 0.2) is 0 Å². The SMILES string of the molecule is CCS(=O)(=O)[C@@H]1[C@H](S(=O)(=O)CC)[C@H]2CC[C@@H]1O2. The van der Waals surface area contributed by atoms with E-state index in [1.54, 1.807) is 13.8 Å². The number of fused-ring (bicyclic) bond motifs is 2. The van der Waals surface area contributed by atoms with Gasteiger partial charge in [-0.1, -0.05) is 13.8 Å². The van der Waals surface area contributed by atoms with Crippen molar-refractivity contribution in [2.75, 3.05) is 11.5 Å². The molecule has 2 bridgehead atoms. The second-order valence-corrected chi connectivity index (χ2v) is 9.52. The first-order valence-corrected chi connectivity index (χ1v) is 9.35. The summed E-state index contributed by atoms with van der Waals surface area (Å²) in [5, 5.41) is -1.70. The van der Waals surface area contributed by atoms with Crippen molar-refractivity contribution in [2.45, 2.75) is 49.4 Å². The molecule has 0 aromatic rings. The Bertz CT molecular complexity index is 447. The average molecular weight is 282 g/mol. The molecule has 0 aromatic heterocycles. The minimum Gasteiger partial charge on any atom is -0.372 e. The number of rotatable bonds is 4. The molecule has 17 heavy (non-hydrogen) atoms. The summed E-state index contributed by atoms with van der Waals surface area (Å²) in [5.74, 6) is -0.0556. The third kappa shape index (κ3) is 2.02. The number of hydrogen-bond acceptors (Lipinski definition) is 5. The first kappa shape index (κ1) is 13.3. The van der Waals surface area contributed by atoms with Gasteiger partial charge < -0.3 is 4.74 Å². The van der Waals surface area contributed by atoms with Gasteiger partial charge in [-0.25, -0.2) is 16.8 Å². The number of hydrogen-bond donors (Lipinski definition) is 0. The topological polar surface area (TPSA) is 77.5 Å². The molecular formula is C10H18O5S2. The molecule has 0 spiro atoms. The molecule has 2 heterocycles. The Kier molecular flexibility index (Phi) is 3.29. The maximum absolute atomic E-state index is 12.0. The fourth-order valence-corrected chi connectivity index (χ4v) is 7.13. The van der Waals surface area contributed by atoms with Crippen LogP contribution in [0.2, 0.25) is 0 Å². The first-order chi connectivity index (χ1) is 7.83. The molecule has 0 N–H and O–H groups in total. The summed E-state index contributed by atoms with van der Waals surface area (Å²) in [4.78, 5) is 0. The fourth-order valence-electron chi connectivity index (χ4n) is 2.85. The minimum atomic E-state index is -3.38. The lowest BCUT2D eigenvalue weighted by molar-refractivity contribution is 0.106. The zero-order valence-electron chi connectivity index (χ0n) is 10.00. The van der Waals surface area contributed by atoms with E-state index in [1.165, 1.54) is 0 Å². The van der Waals surface area contributed by atoms with Gasteiger partial charge in [-0.15, -0.1) is 0 Å². The van der Waals surface area contributed by atoms with E-state index < -0.39 is 42.4 Å². The maximum Gasteiger partial charge on any atom is 0.156 e. The highest BCUT2D eigenvalue weighted by atomic mass is 32.2. The monoisotopic (exact) mass is 282 g/mol.